The number of aliphatic hydroxyl groups is 1. The van der Waals surface area contributed by atoms with Crippen molar-refractivity contribution in [1.82, 2.24) is 0 Å². The Morgan fingerprint density at radius 1 is 1.47 bits per heavy atom. The van der Waals surface area contributed by atoms with Gasteiger partial charge >= 0.3 is 0 Å². The molecule has 7 heteroatoms. The van der Waals surface area contributed by atoms with Crippen molar-refractivity contribution >= 4 is 9.84 Å². The van der Waals surface area contributed by atoms with Crippen LogP contribution in [0.25, 0.3) is 0 Å². The summed E-state index contributed by atoms with van der Waals surface area (Å²) < 4.78 is 47.8. The first kappa shape index (κ1) is 14.4. The molecular formula is C12H15FO5S. The van der Waals surface area contributed by atoms with Crippen LogP contribution >= 0.6 is 0 Å². The van der Waals surface area contributed by atoms with E-state index in [4.69, 9.17) is 14.6 Å². The van der Waals surface area contributed by atoms with Gasteiger partial charge in [0.25, 0.3) is 0 Å². The molecule has 2 unspecified atom stereocenters. The smallest absolute Gasteiger partial charge is 0.212 e. The normalized spacial score (nSPS) is 27.6. The molecular weight excluding hydrogens is 275 g/mol. The molecule has 1 N–H and O–H groups in total. The van der Waals surface area contributed by atoms with E-state index in [0.29, 0.717) is 0 Å². The van der Waals surface area contributed by atoms with E-state index in [-0.39, 0.29) is 18.8 Å². The zero-order valence-corrected chi connectivity index (χ0v) is 11.2. The first-order valence-corrected chi connectivity index (χ1v) is 7.78. The molecule has 0 spiro atoms. The van der Waals surface area contributed by atoms with Crippen LogP contribution in [-0.4, -0.2) is 44.9 Å². The molecule has 1 saturated heterocycles. The third-order valence-electron chi connectivity index (χ3n) is 2.80. The summed E-state index contributed by atoms with van der Waals surface area (Å²) in [6.07, 6.45) is 0.357. The topological polar surface area (TPSA) is 72.8 Å². The maximum Gasteiger partial charge on any atom is 0.212 e. The average Bonchev–Trinajstić information content (AvgIpc) is 2.71. The third-order valence-corrected chi connectivity index (χ3v) is 3.70. The van der Waals surface area contributed by atoms with E-state index in [2.05, 4.69) is 0 Å². The molecule has 0 saturated carbocycles. The van der Waals surface area contributed by atoms with E-state index in [0.717, 1.165) is 6.26 Å². The number of halogens is 1. The summed E-state index contributed by atoms with van der Waals surface area (Å²) in [5.74, 6) is -2.80. The molecule has 1 fully saturated rings. The van der Waals surface area contributed by atoms with Gasteiger partial charge in [-0.05, 0) is 6.07 Å². The van der Waals surface area contributed by atoms with E-state index in [1.165, 1.54) is 18.2 Å². The monoisotopic (exact) mass is 290 g/mol. The second-order valence-corrected chi connectivity index (χ2v) is 6.68. The summed E-state index contributed by atoms with van der Waals surface area (Å²) in [6.45, 7) is -0.305. The Kier molecular flexibility index (Phi) is 3.91. The molecule has 1 aliphatic rings. The molecule has 0 bridgehead atoms. The lowest BCUT2D eigenvalue weighted by Crippen LogP contribution is -2.37. The molecule has 1 aliphatic heterocycles. The highest BCUT2D eigenvalue weighted by Gasteiger charge is 2.47. The maximum absolute atomic E-state index is 13.9. The molecule has 0 aliphatic carbocycles. The van der Waals surface area contributed by atoms with E-state index >= 15 is 0 Å². The van der Waals surface area contributed by atoms with Crippen LogP contribution in [-0.2, 0) is 25.1 Å². The summed E-state index contributed by atoms with van der Waals surface area (Å²) in [6, 6.07) is 5.69. The van der Waals surface area contributed by atoms with E-state index < -0.39 is 33.3 Å². The van der Waals surface area contributed by atoms with Crippen molar-refractivity contribution in [1.29, 1.82) is 0 Å². The van der Waals surface area contributed by atoms with Crippen molar-refractivity contribution in [3.05, 3.63) is 35.6 Å². The number of ether oxygens (including phenoxy) is 2. The van der Waals surface area contributed by atoms with Gasteiger partial charge in [0.1, 0.15) is 17.7 Å². The van der Waals surface area contributed by atoms with Gasteiger partial charge in [-0.25, -0.2) is 12.8 Å². The predicted molar refractivity (Wildman–Crippen MR) is 65.7 cm³/mol. The van der Waals surface area contributed by atoms with Crippen LogP contribution in [0.2, 0.25) is 0 Å². The van der Waals surface area contributed by atoms with Crippen LogP contribution in [0.5, 0.6) is 0 Å². The number of hydrogen-bond acceptors (Lipinski definition) is 5. The first-order chi connectivity index (χ1) is 8.86. The lowest BCUT2D eigenvalue weighted by atomic mass is 10.1. The maximum atomic E-state index is 13.9. The summed E-state index contributed by atoms with van der Waals surface area (Å²) in [5.41, 5.74) is 0.0244. The van der Waals surface area contributed by atoms with Gasteiger partial charge in [0.2, 0.25) is 5.79 Å². The fourth-order valence-electron chi connectivity index (χ4n) is 2.06. The second kappa shape index (κ2) is 5.16. The Morgan fingerprint density at radius 3 is 2.68 bits per heavy atom. The van der Waals surface area contributed by atoms with Crippen LogP contribution in [0.1, 0.15) is 5.56 Å². The van der Waals surface area contributed by atoms with Gasteiger partial charge in [-0.1, -0.05) is 18.2 Å². The lowest BCUT2D eigenvalue weighted by Gasteiger charge is -2.27. The largest absolute Gasteiger partial charge is 0.394 e. The highest BCUT2D eigenvalue weighted by molar-refractivity contribution is 7.90. The van der Waals surface area contributed by atoms with E-state index in [1.54, 1.807) is 6.07 Å². The van der Waals surface area contributed by atoms with Gasteiger partial charge < -0.3 is 14.6 Å². The summed E-state index contributed by atoms with van der Waals surface area (Å²) in [4.78, 5) is 0. The minimum atomic E-state index is -3.46. The van der Waals surface area contributed by atoms with Gasteiger partial charge in [-0.3, -0.25) is 0 Å². The molecule has 1 heterocycles. The molecule has 0 amide bonds. The van der Waals surface area contributed by atoms with Crippen molar-refractivity contribution in [2.75, 3.05) is 25.2 Å². The van der Waals surface area contributed by atoms with Crippen molar-refractivity contribution in [2.24, 2.45) is 0 Å². The number of rotatable bonds is 4. The minimum absolute atomic E-state index is 0.0142. The van der Waals surface area contributed by atoms with Crippen LogP contribution in [0.15, 0.2) is 24.3 Å². The highest BCUT2D eigenvalue weighted by atomic mass is 32.2. The van der Waals surface area contributed by atoms with Crippen LogP contribution in [0.4, 0.5) is 4.39 Å². The van der Waals surface area contributed by atoms with Crippen molar-refractivity contribution in [2.45, 2.75) is 11.9 Å². The highest BCUT2D eigenvalue weighted by Crippen LogP contribution is 2.36. The Bertz CT molecular complexity index is 559. The van der Waals surface area contributed by atoms with Crippen LogP contribution in [0, 0.1) is 5.82 Å². The standard InChI is InChI=1S/C12H15FO5S/c1-19(15,16)8-12(17-7-9(6-14)18-12)10-4-2-3-5-11(10)13/h2-5,9,14H,6-8H2,1H3. The zero-order valence-electron chi connectivity index (χ0n) is 10.4. The molecule has 0 aromatic heterocycles. The summed E-state index contributed by atoms with van der Waals surface area (Å²) in [5, 5.41) is 9.06. The molecule has 0 radical (unpaired) electrons. The molecule has 2 rings (SSSR count). The quantitative estimate of drug-likeness (QED) is 0.870. The minimum Gasteiger partial charge on any atom is -0.394 e. The fourth-order valence-corrected chi connectivity index (χ4v) is 3.06. The first-order valence-electron chi connectivity index (χ1n) is 5.72. The Morgan fingerprint density at radius 2 is 2.16 bits per heavy atom. The second-order valence-electron chi connectivity index (χ2n) is 4.54. The van der Waals surface area contributed by atoms with E-state index in [1.807, 2.05) is 0 Å². The number of aliphatic hydroxyl groups excluding tert-OH is 1. The van der Waals surface area contributed by atoms with E-state index in [9.17, 15) is 12.8 Å². The third kappa shape index (κ3) is 3.11. The molecule has 106 valence electrons. The number of benzene rings is 1. The lowest BCUT2D eigenvalue weighted by molar-refractivity contribution is -0.164. The van der Waals surface area contributed by atoms with Crippen LogP contribution < -0.4 is 0 Å². The van der Waals surface area contributed by atoms with Gasteiger partial charge in [0.05, 0.1) is 13.2 Å². The number of hydrogen-bond donors (Lipinski definition) is 1. The van der Waals surface area contributed by atoms with Gasteiger partial charge in [0, 0.05) is 11.8 Å². The van der Waals surface area contributed by atoms with Crippen molar-refractivity contribution in [3.63, 3.8) is 0 Å². The number of sulfone groups is 1. The Labute approximate surface area is 110 Å². The van der Waals surface area contributed by atoms with Gasteiger partial charge in [0.15, 0.2) is 9.84 Å². The Hall–Kier alpha value is -1.02. The van der Waals surface area contributed by atoms with Gasteiger partial charge in [-0.15, -0.1) is 0 Å². The predicted octanol–water partition coefficient (Wildman–Crippen LogP) is 0.431. The molecule has 5 nitrogen and oxygen atoms in total. The molecule has 2 atom stereocenters. The molecule has 19 heavy (non-hydrogen) atoms. The molecule has 1 aromatic rings. The summed E-state index contributed by atoms with van der Waals surface area (Å²) in [7, 11) is -3.46. The van der Waals surface area contributed by atoms with Crippen molar-refractivity contribution < 1.29 is 27.4 Å². The summed E-state index contributed by atoms with van der Waals surface area (Å²) >= 11 is 0. The SMILES string of the molecule is CS(=O)(=O)CC1(c2ccccc2F)OCC(CO)O1. The van der Waals surface area contributed by atoms with Crippen molar-refractivity contribution in [3.8, 4) is 0 Å². The van der Waals surface area contributed by atoms with Crippen LogP contribution in [0.3, 0.4) is 0 Å². The average molecular weight is 290 g/mol. The molecule has 1 aromatic carbocycles. The fraction of sp³-hybridized carbons (Fsp3) is 0.500. The Balaban J connectivity index is 2.44. The zero-order chi connectivity index (χ0) is 14.1. The van der Waals surface area contributed by atoms with Gasteiger partial charge in [-0.2, -0.15) is 0 Å².